The van der Waals surface area contributed by atoms with Gasteiger partial charge < -0.3 is 14.8 Å². The summed E-state index contributed by atoms with van der Waals surface area (Å²) in [6.45, 7) is 0.659. The number of benzene rings is 1. The Kier molecular flexibility index (Phi) is 4.84. The van der Waals surface area contributed by atoms with Gasteiger partial charge in [0.05, 0.1) is 12.8 Å². The molecular weight excluding hydrogens is 261 g/mol. The van der Waals surface area contributed by atoms with Crippen LogP contribution in [0.3, 0.4) is 0 Å². The van der Waals surface area contributed by atoms with Crippen molar-refractivity contribution in [3.05, 3.63) is 41.8 Å². The van der Waals surface area contributed by atoms with E-state index in [9.17, 15) is 4.39 Å². The first-order chi connectivity index (χ1) is 9.72. The molecule has 6 heteroatoms. The number of nitrogens with one attached hydrogen (secondary N) is 1. The topological polar surface area (TPSA) is 56.3 Å². The summed E-state index contributed by atoms with van der Waals surface area (Å²) < 4.78 is 24.0. The van der Waals surface area contributed by atoms with Crippen LogP contribution in [0.15, 0.2) is 30.5 Å². The molecule has 0 spiro atoms. The lowest BCUT2D eigenvalue weighted by molar-refractivity contribution is 0.202. The first-order valence-electron chi connectivity index (χ1n) is 6.19. The summed E-state index contributed by atoms with van der Waals surface area (Å²) >= 11 is 0. The molecular formula is C14H16FN3O2. The number of rotatable bonds is 6. The van der Waals surface area contributed by atoms with E-state index in [4.69, 9.17) is 9.47 Å². The molecule has 1 heterocycles. The average Bonchev–Trinajstić information content (AvgIpc) is 2.49. The van der Waals surface area contributed by atoms with Crippen molar-refractivity contribution in [1.29, 1.82) is 0 Å². The highest BCUT2D eigenvalue weighted by molar-refractivity contribution is 5.33. The van der Waals surface area contributed by atoms with Crippen LogP contribution in [0.4, 0.5) is 10.3 Å². The molecule has 0 amide bonds. The number of aromatic nitrogens is 2. The number of hydrogen-bond acceptors (Lipinski definition) is 5. The summed E-state index contributed by atoms with van der Waals surface area (Å²) in [7, 11) is 3.32. The molecule has 0 saturated carbocycles. The van der Waals surface area contributed by atoms with Gasteiger partial charge in [-0.2, -0.15) is 9.37 Å². The van der Waals surface area contributed by atoms with Gasteiger partial charge in [0.15, 0.2) is 0 Å². The van der Waals surface area contributed by atoms with Crippen LogP contribution < -0.4 is 10.1 Å². The van der Waals surface area contributed by atoms with Crippen LogP contribution in [0.5, 0.6) is 11.6 Å². The summed E-state index contributed by atoms with van der Waals surface area (Å²) in [4.78, 5) is 7.67. The van der Waals surface area contributed by atoms with Gasteiger partial charge in [0.1, 0.15) is 5.75 Å². The van der Waals surface area contributed by atoms with E-state index >= 15 is 0 Å². The number of ether oxygens (including phenoxy) is 2. The second-order valence-corrected chi connectivity index (χ2v) is 4.09. The summed E-state index contributed by atoms with van der Waals surface area (Å²) in [5.74, 6) is 0.116. The first kappa shape index (κ1) is 14.2. The molecule has 1 N–H and O–H groups in total. The van der Waals surface area contributed by atoms with E-state index < -0.39 is 5.82 Å². The predicted molar refractivity (Wildman–Crippen MR) is 73.6 cm³/mol. The lowest BCUT2D eigenvalue weighted by Gasteiger charge is -2.07. The largest absolute Gasteiger partial charge is 0.436 e. The normalized spacial score (nSPS) is 10.3. The molecule has 2 aromatic rings. The molecule has 2 rings (SSSR count). The van der Waals surface area contributed by atoms with Crippen LogP contribution in [0, 0.1) is 5.82 Å². The van der Waals surface area contributed by atoms with Crippen molar-refractivity contribution in [1.82, 2.24) is 9.97 Å². The Morgan fingerprint density at radius 2 is 2.00 bits per heavy atom. The fraction of sp³-hybridized carbons (Fsp3) is 0.286. The Morgan fingerprint density at radius 1 is 1.25 bits per heavy atom. The summed E-state index contributed by atoms with van der Waals surface area (Å²) in [6.07, 6.45) is 1.89. The highest BCUT2D eigenvalue weighted by Gasteiger charge is 2.08. The fourth-order valence-corrected chi connectivity index (χ4v) is 1.60. The molecule has 1 aromatic carbocycles. The molecule has 0 atom stereocenters. The van der Waals surface area contributed by atoms with Crippen LogP contribution in [0.25, 0.3) is 0 Å². The highest BCUT2D eigenvalue weighted by Crippen LogP contribution is 2.23. The van der Waals surface area contributed by atoms with E-state index in [1.807, 2.05) is 12.1 Å². The summed E-state index contributed by atoms with van der Waals surface area (Å²) in [6, 6.07) is 7.36. The second kappa shape index (κ2) is 6.81. The molecule has 106 valence electrons. The van der Waals surface area contributed by atoms with Gasteiger partial charge in [-0.3, -0.25) is 0 Å². The molecule has 0 aliphatic carbocycles. The maximum atomic E-state index is 13.5. The molecule has 1 aromatic heterocycles. The number of nitrogens with zero attached hydrogens (tertiary/aromatic N) is 2. The van der Waals surface area contributed by atoms with Crippen LogP contribution in [-0.4, -0.2) is 30.7 Å². The first-order valence-corrected chi connectivity index (χ1v) is 6.19. The smallest absolute Gasteiger partial charge is 0.260 e. The third-order valence-electron chi connectivity index (χ3n) is 2.67. The van der Waals surface area contributed by atoms with Gasteiger partial charge in [-0.25, -0.2) is 4.98 Å². The van der Waals surface area contributed by atoms with Gasteiger partial charge >= 0.3 is 0 Å². The standard InChI is InChI=1S/C14H16FN3O2/c1-16-14-17-9-12(15)13(18-14)20-11-5-3-10(4-6-11)7-8-19-2/h3-6,9H,7-8H2,1-2H3,(H,16,17,18). The molecule has 0 unspecified atom stereocenters. The minimum atomic E-state index is -0.604. The van der Waals surface area contributed by atoms with Crippen molar-refractivity contribution in [2.45, 2.75) is 6.42 Å². The van der Waals surface area contributed by atoms with E-state index in [0.717, 1.165) is 18.2 Å². The van der Waals surface area contributed by atoms with Crippen LogP contribution in [-0.2, 0) is 11.2 Å². The molecule has 0 bridgehead atoms. The SMILES string of the molecule is CNc1ncc(F)c(Oc2ccc(CCOC)cc2)n1. The minimum absolute atomic E-state index is 0.103. The number of hydrogen-bond donors (Lipinski definition) is 1. The quantitative estimate of drug-likeness (QED) is 0.879. The van der Waals surface area contributed by atoms with E-state index in [-0.39, 0.29) is 5.88 Å². The molecule has 0 fully saturated rings. The fourth-order valence-electron chi connectivity index (χ4n) is 1.60. The Labute approximate surface area is 116 Å². The summed E-state index contributed by atoms with van der Waals surface area (Å²) in [5, 5.41) is 2.73. The molecule has 0 aliphatic rings. The zero-order chi connectivity index (χ0) is 14.4. The monoisotopic (exact) mass is 277 g/mol. The van der Waals surface area contributed by atoms with E-state index in [1.165, 1.54) is 0 Å². The van der Waals surface area contributed by atoms with E-state index in [0.29, 0.717) is 18.3 Å². The molecule has 0 saturated heterocycles. The van der Waals surface area contributed by atoms with Gasteiger partial charge in [-0.05, 0) is 24.1 Å². The lowest BCUT2D eigenvalue weighted by atomic mass is 10.1. The van der Waals surface area contributed by atoms with Gasteiger partial charge in [-0.1, -0.05) is 12.1 Å². The van der Waals surface area contributed by atoms with Crippen molar-refractivity contribution < 1.29 is 13.9 Å². The van der Waals surface area contributed by atoms with E-state index in [1.54, 1.807) is 26.3 Å². The van der Waals surface area contributed by atoms with Crippen LogP contribution >= 0.6 is 0 Å². The third-order valence-corrected chi connectivity index (χ3v) is 2.67. The summed E-state index contributed by atoms with van der Waals surface area (Å²) in [5.41, 5.74) is 1.12. The maximum Gasteiger partial charge on any atom is 0.260 e. The third kappa shape index (κ3) is 3.64. The van der Waals surface area contributed by atoms with Gasteiger partial charge in [0.25, 0.3) is 5.88 Å². The number of anilines is 1. The predicted octanol–water partition coefficient (Wildman–Crippen LogP) is 2.64. The van der Waals surface area contributed by atoms with Crippen molar-refractivity contribution in [2.75, 3.05) is 26.1 Å². The minimum Gasteiger partial charge on any atom is -0.436 e. The Balaban J connectivity index is 2.09. The lowest BCUT2D eigenvalue weighted by Crippen LogP contribution is -2.00. The van der Waals surface area contributed by atoms with Crippen molar-refractivity contribution in [2.24, 2.45) is 0 Å². The number of halogens is 1. The van der Waals surface area contributed by atoms with Gasteiger partial charge in [-0.15, -0.1) is 0 Å². The second-order valence-electron chi connectivity index (χ2n) is 4.09. The van der Waals surface area contributed by atoms with Crippen LogP contribution in [0.2, 0.25) is 0 Å². The molecule has 20 heavy (non-hydrogen) atoms. The van der Waals surface area contributed by atoms with Crippen LogP contribution in [0.1, 0.15) is 5.56 Å². The molecule has 0 aliphatic heterocycles. The van der Waals surface area contributed by atoms with Gasteiger partial charge in [0, 0.05) is 14.2 Å². The van der Waals surface area contributed by atoms with Gasteiger partial charge in [0.2, 0.25) is 11.8 Å². The van der Waals surface area contributed by atoms with Crippen molar-refractivity contribution >= 4 is 5.95 Å². The molecule has 0 radical (unpaired) electrons. The van der Waals surface area contributed by atoms with Crippen molar-refractivity contribution in [3.8, 4) is 11.6 Å². The average molecular weight is 277 g/mol. The zero-order valence-corrected chi connectivity index (χ0v) is 11.4. The maximum absolute atomic E-state index is 13.5. The Bertz CT molecular complexity index is 561. The highest BCUT2D eigenvalue weighted by atomic mass is 19.1. The number of methoxy groups -OCH3 is 1. The Hall–Kier alpha value is -2.21. The zero-order valence-electron chi connectivity index (χ0n) is 11.4. The Morgan fingerprint density at radius 3 is 2.65 bits per heavy atom. The molecule has 5 nitrogen and oxygen atoms in total. The van der Waals surface area contributed by atoms with E-state index in [2.05, 4.69) is 15.3 Å². The van der Waals surface area contributed by atoms with Crippen molar-refractivity contribution in [3.63, 3.8) is 0 Å².